The lowest BCUT2D eigenvalue weighted by Gasteiger charge is -2.29. The molecule has 0 bridgehead atoms. The van der Waals surface area contributed by atoms with Crippen molar-refractivity contribution in [1.82, 2.24) is 10.6 Å². The Morgan fingerprint density at radius 1 is 1.30 bits per heavy atom. The first-order valence-electron chi connectivity index (χ1n) is 7.03. The van der Waals surface area contributed by atoms with E-state index in [-0.39, 0.29) is 23.8 Å². The van der Waals surface area contributed by atoms with Crippen molar-refractivity contribution in [2.75, 3.05) is 13.2 Å². The van der Waals surface area contributed by atoms with Crippen LogP contribution in [0.25, 0.3) is 0 Å². The molecule has 1 saturated heterocycles. The van der Waals surface area contributed by atoms with Crippen LogP contribution >= 0.6 is 0 Å². The number of carbonyl (C=O) groups is 2. The topological polar surface area (TPSA) is 67.4 Å². The van der Waals surface area contributed by atoms with Crippen molar-refractivity contribution in [2.45, 2.75) is 25.3 Å². The SMILES string of the molecule is O=C1CC[C@@H](C(=O)N[C@@H]2CCOc3ccccc32)CN1. The summed E-state index contributed by atoms with van der Waals surface area (Å²) in [5.74, 6) is 0.779. The van der Waals surface area contributed by atoms with Gasteiger partial charge in [-0.25, -0.2) is 0 Å². The Morgan fingerprint density at radius 3 is 2.95 bits per heavy atom. The van der Waals surface area contributed by atoms with Crippen molar-refractivity contribution < 1.29 is 14.3 Å². The van der Waals surface area contributed by atoms with E-state index in [0.29, 0.717) is 26.0 Å². The molecule has 106 valence electrons. The van der Waals surface area contributed by atoms with Crippen LogP contribution in [-0.2, 0) is 9.59 Å². The smallest absolute Gasteiger partial charge is 0.225 e. The predicted molar refractivity (Wildman–Crippen MR) is 73.2 cm³/mol. The second kappa shape index (κ2) is 5.53. The second-order valence-corrected chi connectivity index (χ2v) is 5.28. The first-order chi connectivity index (χ1) is 9.74. The molecule has 2 atom stereocenters. The molecule has 1 fully saturated rings. The molecule has 0 unspecified atom stereocenters. The number of nitrogens with one attached hydrogen (secondary N) is 2. The second-order valence-electron chi connectivity index (χ2n) is 5.28. The molecule has 3 rings (SSSR count). The van der Waals surface area contributed by atoms with E-state index in [1.165, 1.54) is 0 Å². The van der Waals surface area contributed by atoms with Crippen LogP contribution in [0, 0.1) is 5.92 Å². The quantitative estimate of drug-likeness (QED) is 0.850. The Labute approximate surface area is 117 Å². The fourth-order valence-electron chi connectivity index (χ4n) is 2.74. The van der Waals surface area contributed by atoms with Gasteiger partial charge in [0.15, 0.2) is 0 Å². The minimum absolute atomic E-state index is 0.00470. The summed E-state index contributed by atoms with van der Waals surface area (Å²) >= 11 is 0. The Balaban J connectivity index is 1.66. The number of rotatable bonds is 2. The zero-order valence-electron chi connectivity index (χ0n) is 11.2. The molecule has 1 aromatic carbocycles. The highest BCUT2D eigenvalue weighted by Gasteiger charge is 2.28. The number of piperidine rings is 1. The highest BCUT2D eigenvalue weighted by Crippen LogP contribution is 2.31. The molecule has 2 N–H and O–H groups in total. The van der Waals surface area contributed by atoms with Crippen LogP contribution in [0.3, 0.4) is 0 Å². The summed E-state index contributed by atoms with van der Waals surface area (Å²) in [6.07, 6.45) is 1.84. The Bertz CT molecular complexity index is 520. The van der Waals surface area contributed by atoms with E-state index in [1.54, 1.807) is 0 Å². The van der Waals surface area contributed by atoms with Gasteiger partial charge in [0, 0.05) is 24.9 Å². The van der Waals surface area contributed by atoms with Crippen LogP contribution in [-0.4, -0.2) is 25.0 Å². The number of benzene rings is 1. The summed E-state index contributed by atoms with van der Waals surface area (Å²) in [5.41, 5.74) is 1.03. The molecule has 0 radical (unpaired) electrons. The van der Waals surface area contributed by atoms with Gasteiger partial charge in [-0.15, -0.1) is 0 Å². The van der Waals surface area contributed by atoms with Crippen LogP contribution < -0.4 is 15.4 Å². The third kappa shape index (κ3) is 2.61. The Kier molecular flexibility index (Phi) is 3.58. The Hall–Kier alpha value is -2.04. The Morgan fingerprint density at radius 2 is 2.15 bits per heavy atom. The monoisotopic (exact) mass is 274 g/mol. The standard InChI is InChI=1S/C15H18N2O3/c18-14-6-5-10(9-16-14)15(19)17-12-7-8-20-13-4-2-1-3-11(12)13/h1-4,10,12H,5-9H2,(H,16,18)(H,17,19)/t10-,12-/m1/s1. The van der Waals surface area contributed by atoms with Gasteiger partial charge in [-0.1, -0.05) is 18.2 Å². The van der Waals surface area contributed by atoms with Gasteiger partial charge in [0.25, 0.3) is 0 Å². The molecule has 20 heavy (non-hydrogen) atoms. The molecule has 2 amide bonds. The molecular formula is C15H18N2O3. The van der Waals surface area contributed by atoms with Crippen LogP contribution in [0.5, 0.6) is 5.75 Å². The third-order valence-corrected chi connectivity index (χ3v) is 3.91. The normalized spacial score (nSPS) is 25.1. The summed E-state index contributed by atoms with van der Waals surface area (Å²) in [5, 5.41) is 5.83. The minimum atomic E-state index is -0.122. The lowest BCUT2D eigenvalue weighted by atomic mass is 9.95. The van der Waals surface area contributed by atoms with Gasteiger partial charge in [0.05, 0.1) is 18.6 Å². The summed E-state index contributed by atoms with van der Waals surface area (Å²) in [7, 11) is 0. The number of hydrogen-bond acceptors (Lipinski definition) is 3. The maximum Gasteiger partial charge on any atom is 0.225 e. The molecular weight excluding hydrogens is 256 g/mol. The molecule has 1 aromatic rings. The van der Waals surface area contributed by atoms with Crippen LogP contribution in [0.4, 0.5) is 0 Å². The molecule has 2 aliphatic rings. The van der Waals surface area contributed by atoms with Crippen LogP contribution in [0.2, 0.25) is 0 Å². The lowest BCUT2D eigenvalue weighted by molar-refractivity contribution is -0.129. The maximum atomic E-state index is 12.3. The fourth-order valence-corrected chi connectivity index (χ4v) is 2.74. The first-order valence-corrected chi connectivity index (χ1v) is 7.03. The third-order valence-electron chi connectivity index (χ3n) is 3.91. The van der Waals surface area contributed by atoms with Crippen molar-refractivity contribution in [1.29, 1.82) is 0 Å². The number of carbonyl (C=O) groups excluding carboxylic acids is 2. The van der Waals surface area contributed by atoms with E-state index in [9.17, 15) is 9.59 Å². The van der Waals surface area contributed by atoms with Crippen molar-refractivity contribution in [3.8, 4) is 5.75 Å². The highest BCUT2D eigenvalue weighted by molar-refractivity contribution is 5.84. The van der Waals surface area contributed by atoms with Crippen LogP contribution in [0.1, 0.15) is 30.9 Å². The molecule has 0 saturated carbocycles. The molecule has 5 nitrogen and oxygen atoms in total. The first kappa shape index (κ1) is 13.0. The van der Waals surface area contributed by atoms with Crippen molar-refractivity contribution in [2.24, 2.45) is 5.92 Å². The van der Waals surface area contributed by atoms with Gasteiger partial charge >= 0.3 is 0 Å². The van der Waals surface area contributed by atoms with Crippen molar-refractivity contribution >= 4 is 11.8 Å². The van der Waals surface area contributed by atoms with E-state index in [4.69, 9.17) is 4.74 Å². The number of hydrogen-bond donors (Lipinski definition) is 2. The molecule has 0 aromatic heterocycles. The molecule has 0 spiro atoms. The van der Waals surface area contributed by atoms with E-state index >= 15 is 0 Å². The van der Waals surface area contributed by atoms with Gasteiger partial charge in [-0.05, 0) is 12.5 Å². The summed E-state index contributed by atoms with van der Waals surface area (Å²) in [6, 6.07) is 7.80. The van der Waals surface area contributed by atoms with Crippen molar-refractivity contribution in [3.05, 3.63) is 29.8 Å². The van der Waals surface area contributed by atoms with Gasteiger partial charge in [-0.3, -0.25) is 9.59 Å². The zero-order valence-corrected chi connectivity index (χ0v) is 11.2. The van der Waals surface area contributed by atoms with E-state index < -0.39 is 0 Å². The zero-order chi connectivity index (χ0) is 13.9. The van der Waals surface area contributed by atoms with Gasteiger partial charge in [0.1, 0.15) is 5.75 Å². The van der Waals surface area contributed by atoms with Gasteiger partial charge < -0.3 is 15.4 Å². The number of ether oxygens (including phenoxy) is 1. The van der Waals surface area contributed by atoms with E-state index in [2.05, 4.69) is 10.6 Å². The number of amides is 2. The summed E-state index contributed by atoms with van der Waals surface area (Å²) in [4.78, 5) is 23.4. The van der Waals surface area contributed by atoms with E-state index in [1.807, 2.05) is 24.3 Å². The van der Waals surface area contributed by atoms with Crippen LogP contribution in [0.15, 0.2) is 24.3 Å². The average molecular weight is 274 g/mol. The van der Waals surface area contributed by atoms with Gasteiger partial charge in [-0.2, -0.15) is 0 Å². The highest BCUT2D eigenvalue weighted by atomic mass is 16.5. The van der Waals surface area contributed by atoms with Crippen molar-refractivity contribution in [3.63, 3.8) is 0 Å². The molecule has 2 aliphatic heterocycles. The summed E-state index contributed by atoms with van der Waals surface area (Å²) < 4.78 is 5.59. The molecule has 5 heteroatoms. The fraction of sp³-hybridized carbons (Fsp3) is 0.467. The maximum absolute atomic E-state index is 12.3. The largest absolute Gasteiger partial charge is 0.493 e. The van der Waals surface area contributed by atoms with Gasteiger partial charge in [0.2, 0.25) is 11.8 Å². The average Bonchev–Trinajstić information content (AvgIpc) is 2.48. The number of para-hydroxylation sites is 1. The molecule has 2 heterocycles. The minimum Gasteiger partial charge on any atom is -0.493 e. The van der Waals surface area contributed by atoms with E-state index in [0.717, 1.165) is 17.7 Å². The predicted octanol–water partition coefficient (Wildman–Crippen LogP) is 1.15. The lowest BCUT2D eigenvalue weighted by Crippen LogP contribution is -2.44. The molecule has 0 aliphatic carbocycles. The number of fused-ring (bicyclic) bond motifs is 1. The summed E-state index contributed by atoms with van der Waals surface area (Å²) in [6.45, 7) is 1.05.